The van der Waals surface area contributed by atoms with Crippen LogP contribution in [0.1, 0.15) is 19.3 Å². The van der Waals surface area contributed by atoms with Gasteiger partial charge < -0.3 is 0 Å². The van der Waals surface area contributed by atoms with E-state index < -0.39 is 28.6 Å². The summed E-state index contributed by atoms with van der Waals surface area (Å²) in [6, 6.07) is 3.86. The Bertz CT molecular complexity index is 808. The van der Waals surface area contributed by atoms with Crippen molar-refractivity contribution in [3.63, 3.8) is 0 Å². The van der Waals surface area contributed by atoms with Crippen LogP contribution in [-0.2, 0) is 14.4 Å². The predicted octanol–water partition coefficient (Wildman–Crippen LogP) is 2.35. The number of benzene rings is 1. The molecule has 7 nitrogen and oxygen atoms in total. The maximum atomic E-state index is 12.8. The molecule has 0 aromatic heterocycles. The van der Waals surface area contributed by atoms with Crippen molar-refractivity contribution in [3.05, 3.63) is 33.3 Å². The monoisotopic (exact) mass is 348 g/mol. The molecule has 24 heavy (non-hydrogen) atoms. The molecule has 4 atom stereocenters. The molecular weight excluding hydrogens is 336 g/mol. The number of ketones is 1. The lowest BCUT2D eigenvalue weighted by Crippen LogP contribution is -2.46. The number of carbonyl (C=O) groups is 3. The molecule has 1 heterocycles. The molecular formula is C16H13ClN2O5. The van der Waals surface area contributed by atoms with Crippen molar-refractivity contribution in [2.75, 3.05) is 4.90 Å². The van der Waals surface area contributed by atoms with Gasteiger partial charge in [-0.05, 0) is 30.9 Å². The zero-order chi connectivity index (χ0) is 17.2. The van der Waals surface area contributed by atoms with E-state index >= 15 is 0 Å². The highest BCUT2D eigenvalue weighted by molar-refractivity contribution is 6.33. The van der Waals surface area contributed by atoms with E-state index in [2.05, 4.69) is 0 Å². The average molecular weight is 349 g/mol. The van der Waals surface area contributed by atoms with Crippen LogP contribution in [0.2, 0.25) is 5.02 Å². The first-order valence-corrected chi connectivity index (χ1v) is 8.12. The third-order valence-corrected chi connectivity index (χ3v) is 5.77. The summed E-state index contributed by atoms with van der Waals surface area (Å²) in [5.74, 6) is -2.33. The van der Waals surface area contributed by atoms with Crippen LogP contribution < -0.4 is 4.90 Å². The van der Waals surface area contributed by atoms with Gasteiger partial charge in [-0.3, -0.25) is 24.5 Å². The van der Waals surface area contributed by atoms with Gasteiger partial charge in [0.1, 0.15) is 10.8 Å². The summed E-state index contributed by atoms with van der Waals surface area (Å²) in [4.78, 5) is 49.1. The molecule has 8 heteroatoms. The predicted molar refractivity (Wildman–Crippen MR) is 83.4 cm³/mol. The molecule has 1 aromatic carbocycles. The Labute approximate surface area is 141 Å². The number of amides is 2. The molecule has 3 aliphatic carbocycles. The third kappa shape index (κ3) is 1.94. The second-order valence-electron chi connectivity index (χ2n) is 6.57. The largest absolute Gasteiger partial charge is 0.299 e. The first-order chi connectivity index (χ1) is 11.4. The number of carbonyl (C=O) groups excluding carboxylic acids is 3. The minimum atomic E-state index is -0.656. The first kappa shape index (κ1) is 15.3. The van der Waals surface area contributed by atoms with Crippen LogP contribution in [0.5, 0.6) is 0 Å². The number of rotatable bonds is 2. The molecule has 1 aromatic rings. The van der Waals surface area contributed by atoms with Crippen molar-refractivity contribution in [1.82, 2.24) is 0 Å². The number of nitro benzene ring substituents is 1. The Balaban J connectivity index is 1.77. The average Bonchev–Trinajstić information content (AvgIpc) is 2.81. The van der Waals surface area contributed by atoms with Gasteiger partial charge in [-0.1, -0.05) is 11.6 Å². The highest BCUT2D eigenvalue weighted by Gasteiger charge is 2.61. The number of hydrogen-bond donors (Lipinski definition) is 0. The van der Waals surface area contributed by atoms with E-state index in [1.165, 1.54) is 12.1 Å². The van der Waals surface area contributed by atoms with Crippen LogP contribution in [0.4, 0.5) is 11.4 Å². The number of nitrogens with zero attached hydrogens (tertiary/aromatic N) is 2. The van der Waals surface area contributed by atoms with Crippen molar-refractivity contribution in [3.8, 4) is 0 Å². The summed E-state index contributed by atoms with van der Waals surface area (Å²) in [7, 11) is 0. The molecule has 0 radical (unpaired) electrons. The van der Waals surface area contributed by atoms with Gasteiger partial charge in [-0.15, -0.1) is 0 Å². The van der Waals surface area contributed by atoms with Crippen LogP contribution in [-0.4, -0.2) is 22.5 Å². The maximum absolute atomic E-state index is 12.8. The van der Waals surface area contributed by atoms with Crippen molar-refractivity contribution in [1.29, 1.82) is 0 Å². The number of nitro groups is 1. The number of Topliss-reactive ketones (excluding diaryl/α,β-unsaturated/α-hetero) is 1. The lowest BCUT2D eigenvalue weighted by Gasteiger charge is -2.41. The Kier molecular flexibility index (Phi) is 3.25. The van der Waals surface area contributed by atoms with Crippen molar-refractivity contribution in [2.45, 2.75) is 19.3 Å². The molecule has 2 amide bonds. The molecule has 5 rings (SSSR count). The van der Waals surface area contributed by atoms with E-state index in [9.17, 15) is 24.5 Å². The molecule has 124 valence electrons. The number of hydrogen-bond acceptors (Lipinski definition) is 5. The lowest BCUT2D eigenvalue weighted by molar-refractivity contribution is -0.384. The lowest BCUT2D eigenvalue weighted by atomic mass is 9.59. The maximum Gasteiger partial charge on any atom is 0.289 e. The molecule has 0 unspecified atom stereocenters. The van der Waals surface area contributed by atoms with Crippen LogP contribution >= 0.6 is 11.6 Å². The van der Waals surface area contributed by atoms with Gasteiger partial charge in [0, 0.05) is 18.4 Å². The van der Waals surface area contributed by atoms with Crippen molar-refractivity contribution < 1.29 is 19.3 Å². The van der Waals surface area contributed by atoms with Crippen molar-refractivity contribution in [2.24, 2.45) is 23.7 Å². The topological polar surface area (TPSA) is 97.6 Å². The molecule has 4 fully saturated rings. The van der Waals surface area contributed by atoms with Gasteiger partial charge in [-0.25, -0.2) is 4.90 Å². The van der Waals surface area contributed by atoms with E-state index in [1.807, 2.05) is 0 Å². The van der Waals surface area contributed by atoms with Gasteiger partial charge in [0.2, 0.25) is 11.8 Å². The summed E-state index contributed by atoms with van der Waals surface area (Å²) < 4.78 is 0. The van der Waals surface area contributed by atoms with Crippen LogP contribution in [0.15, 0.2) is 18.2 Å². The smallest absolute Gasteiger partial charge is 0.289 e. The zero-order valence-electron chi connectivity index (χ0n) is 12.5. The van der Waals surface area contributed by atoms with Gasteiger partial charge >= 0.3 is 0 Å². The van der Waals surface area contributed by atoms with Gasteiger partial charge in [-0.2, -0.15) is 0 Å². The summed E-state index contributed by atoms with van der Waals surface area (Å²) in [5.41, 5.74) is -0.217. The first-order valence-electron chi connectivity index (χ1n) is 7.74. The van der Waals surface area contributed by atoms with Crippen molar-refractivity contribution >= 4 is 40.6 Å². The normalized spacial score (nSPS) is 31.5. The molecule has 3 saturated carbocycles. The SMILES string of the molecule is O=C1C[C@H]2CC[C@@H]1[C@H]1C(=O)N(c3ccc(Cl)c([N+](=O)[O-])c3)C(=O)[C@@H]21. The minimum absolute atomic E-state index is 0.0533. The van der Waals surface area contributed by atoms with E-state index in [1.54, 1.807) is 0 Å². The van der Waals surface area contributed by atoms with Gasteiger partial charge in [0.05, 0.1) is 22.4 Å². The van der Waals surface area contributed by atoms with E-state index in [-0.39, 0.29) is 34.0 Å². The Morgan fingerprint density at radius 3 is 2.50 bits per heavy atom. The van der Waals surface area contributed by atoms with Crippen LogP contribution in [0.3, 0.4) is 0 Å². The highest BCUT2D eigenvalue weighted by Crippen LogP contribution is 2.52. The second kappa shape index (κ2) is 5.11. The van der Waals surface area contributed by atoms with E-state index in [0.29, 0.717) is 12.8 Å². The standard InChI is InChI=1S/C16H13ClN2O5/c17-10-4-2-8(6-11(10)19(23)24)18-15(21)13-7-1-3-9(12(20)5-7)14(13)16(18)22/h2,4,6-7,9,13-14H,1,3,5H2/t7-,9+,13+,14-/m1/s1. The minimum Gasteiger partial charge on any atom is -0.299 e. The fourth-order valence-electron chi connectivity index (χ4n) is 4.42. The summed E-state index contributed by atoms with van der Waals surface area (Å²) in [6.07, 6.45) is 1.75. The zero-order valence-corrected chi connectivity index (χ0v) is 13.2. The molecule has 0 N–H and O–H groups in total. The number of imide groups is 1. The summed E-state index contributed by atoms with van der Waals surface area (Å²) >= 11 is 5.79. The molecule has 4 aliphatic rings. The quantitative estimate of drug-likeness (QED) is 0.464. The molecule has 2 bridgehead atoms. The summed E-state index contributed by atoms with van der Waals surface area (Å²) in [5, 5.41) is 11.0. The fourth-order valence-corrected chi connectivity index (χ4v) is 4.61. The molecule has 1 aliphatic heterocycles. The number of anilines is 1. The number of halogens is 1. The molecule has 0 spiro atoms. The van der Waals surface area contributed by atoms with Gasteiger partial charge in [0.25, 0.3) is 5.69 Å². The summed E-state index contributed by atoms with van der Waals surface area (Å²) in [6.45, 7) is 0. The molecule has 1 saturated heterocycles. The van der Waals surface area contributed by atoms with E-state index in [4.69, 9.17) is 11.6 Å². The van der Waals surface area contributed by atoms with Crippen LogP contribution in [0, 0.1) is 33.8 Å². The third-order valence-electron chi connectivity index (χ3n) is 5.45. The van der Waals surface area contributed by atoms with Crippen LogP contribution in [0.25, 0.3) is 0 Å². The highest BCUT2D eigenvalue weighted by atomic mass is 35.5. The number of fused-ring (bicyclic) bond motifs is 2. The Morgan fingerprint density at radius 2 is 1.83 bits per heavy atom. The fraction of sp³-hybridized carbons (Fsp3) is 0.438. The van der Waals surface area contributed by atoms with E-state index in [0.717, 1.165) is 17.4 Å². The van der Waals surface area contributed by atoms with Gasteiger partial charge in [0.15, 0.2) is 0 Å². The Hall–Kier alpha value is -2.28. The second-order valence-corrected chi connectivity index (χ2v) is 6.98. The Morgan fingerprint density at radius 1 is 1.12 bits per heavy atom.